The second-order valence-electron chi connectivity index (χ2n) is 9.56. The Morgan fingerprint density at radius 3 is 2.39 bits per heavy atom. The van der Waals surface area contributed by atoms with Gasteiger partial charge in [-0.15, -0.1) is 0 Å². The molecule has 0 heterocycles. The first-order chi connectivity index (χ1) is 15.7. The molecule has 0 saturated heterocycles. The summed E-state index contributed by atoms with van der Waals surface area (Å²) in [5.74, 6) is 6.47. The highest BCUT2D eigenvalue weighted by Crippen LogP contribution is 2.63. The highest BCUT2D eigenvalue weighted by atomic mass is 16.5. The number of hydrogen-bond donors (Lipinski definition) is 0. The number of ether oxygens (including phenoxy) is 1. The van der Waals surface area contributed by atoms with Crippen LogP contribution >= 0.6 is 0 Å². The van der Waals surface area contributed by atoms with E-state index in [1.165, 1.54) is 6.08 Å². The Kier molecular flexibility index (Phi) is 5.35. The van der Waals surface area contributed by atoms with E-state index in [0.717, 1.165) is 5.57 Å². The lowest BCUT2D eigenvalue weighted by atomic mass is 9.45. The molecule has 0 N–H and O–H groups in total. The van der Waals surface area contributed by atoms with E-state index in [1.807, 2.05) is 57.2 Å². The molecule has 164 valence electrons. The maximum atomic E-state index is 12.9. The molecule has 1 aromatic rings. The number of ketones is 2. The molecule has 1 fully saturated rings. The number of rotatable bonds is 2. The first-order valence-electron chi connectivity index (χ1n) is 10.9. The molecule has 0 aliphatic heterocycles. The van der Waals surface area contributed by atoms with Crippen LogP contribution in [0.15, 0.2) is 65.3 Å². The number of nitrogens with zero attached hydrogens (tertiary/aromatic N) is 2. The van der Waals surface area contributed by atoms with Crippen LogP contribution < -0.4 is 4.74 Å². The van der Waals surface area contributed by atoms with Crippen LogP contribution in [0.4, 0.5) is 0 Å². The highest BCUT2D eigenvalue weighted by Gasteiger charge is 2.59. The standard InChI is InChI=1S/C28H24N2O3/c1-26(2)23-10-12-28(11-7-13-33-21-8-5-4-6-9-21)16-19(17-29)22(31)14-24(28)27(23,3)15-20(18-30)25(26)32/h4-6,8-9,14-16,23H,10,12-13H2,1-3H3. The predicted molar refractivity (Wildman–Crippen MR) is 122 cm³/mol. The Morgan fingerprint density at radius 1 is 1.03 bits per heavy atom. The van der Waals surface area contributed by atoms with E-state index >= 15 is 0 Å². The second-order valence-corrected chi connectivity index (χ2v) is 9.56. The van der Waals surface area contributed by atoms with Gasteiger partial charge in [0.1, 0.15) is 24.5 Å². The van der Waals surface area contributed by atoms with Gasteiger partial charge in [0.2, 0.25) is 0 Å². The Bertz CT molecular complexity index is 1270. The van der Waals surface area contributed by atoms with Gasteiger partial charge in [0, 0.05) is 10.8 Å². The number of fused-ring (bicyclic) bond motifs is 3. The molecule has 3 aliphatic rings. The lowest BCUT2D eigenvalue weighted by Crippen LogP contribution is -2.53. The normalized spacial score (nSPS) is 29.5. The molecule has 3 atom stereocenters. The topological polar surface area (TPSA) is 91.0 Å². The number of para-hydroxylation sites is 1. The zero-order valence-corrected chi connectivity index (χ0v) is 18.9. The molecule has 5 heteroatoms. The van der Waals surface area contributed by atoms with E-state index in [-0.39, 0.29) is 35.2 Å². The quantitative estimate of drug-likeness (QED) is 0.637. The first kappa shape index (κ1) is 22.3. The second kappa shape index (κ2) is 7.91. The SMILES string of the molecule is CC1(C)C(=O)C(C#N)=CC2(C)C3=CC(=O)C(C#N)=CC3(C#CCOc3ccccc3)CCC12. The molecule has 1 aromatic carbocycles. The van der Waals surface area contributed by atoms with Crippen LogP contribution in [0.2, 0.25) is 0 Å². The van der Waals surface area contributed by atoms with Gasteiger partial charge in [-0.3, -0.25) is 9.59 Å². The molecular formula is C28H24N2O3. The first-order valence-corrected chi connectivity index (χ1v) is 10.9. The van der Waals surface area contributed by atoms with Crippen molar-refractivity contribution in [1.82, 2.24) is 0 Å². The number of nitriles is 2. The summed E-state index contributed by atoms with van der Waals surface area (Å²) in [5, 5.41) is 19.2. The third kappa shape index (κ3) is 3.49. The Morgan fingerprint density at radius 2 is 1.73 bits per heavy atom. The van der Waals surface area contributed by atoms with Gasteiger partial charge in [-0.25, -0.2) is 0 Å². The maximum Gasteiger partial charge on any atom is 0.196 e. The van der Waals surface area contributed by atoms with Crippen molar-refractivity contribution in [2.24, 2.45) is 22.2 Å². The molecule has 5 nitrogen and oxygen atoms in total. The summed E-state index contributed by atoms with van der Waals surface area (Å²) in [7, 11) is 0. The van der Waals surface area contributed by atoms with Crippen LogP contribution in [0.25, 0.3) is 0 Å². The fraction of sp³-hybridized carbons (Fsp3) is 0.357. The van der Waals surface area contributed by atoms with Crippen LogP contribution in [-0.2, 0) is 9.59 Å². The summed E-state index contributed by atoms with van der Waals surface area (Å²) in [4.78, 5) is 25.7. The third-order valence-electron chi connectivity index (χ3n) is 7.30. The van der Waals surface area contributed by atoms with E-state index in [4.69, 9.17) is 4.74 Å². The molecule has 4 rings (SSSR count). The lowest BCUT2D eigenvalue weighted by molar-refractivity contribution is -0.130. The Labute approximate surface area is 194 Å². The van der Waals surface area contributed by atoms with Gasteiger partial charge in [-0.05, 0) is 48.6 Å². The third-order valence-corrected chi connectivity index (χ3v) is 7.30. The lowest BCUT2D eigenvalue weighted by Gasteiger charge is -2.56. The van der Waals surface area contributed by atoms with Crippen molar-refractivity contribution in [2.75, 3.05) is 6.61 Å². The molecule has 0 radical (unpaired) electrons. The van der Waals surface area contributed by atoms with Gasteiger partial charge in [0.25, 0.3) is 0 Å². The number of carbonyl (C=O) groups is 2. The van der Waals surface area contributed by atoms with Crippen molar-refractivity contribution < 1.29 is 14.3 Å². The van der Waals surface area contributed by atoms with Crippen molar-refractivity contribution in [3.05, 3.63) is 65.3 Å². The number of allylic oxidation sites excluding steroid dienone is 6. The van der Waals surface area contributed by atoms with Crippen molar-refractivity contribution in [3.8, 4) is 29.7 Å². The smallest absolute Gasteiger partial charge is 0.196 e. The molecular weight excluding hydrogens is 412 g/mol. The van der Waals surface area contributed by atoms with E-state index in [1.54, 1.807) is 12.2 Å². The van der Waals surface area contributed by atoms with E-state index in [2.05, 4.69) is 17.9 Å². The summed E-state index contributed by atoms with van der Waals surface area (Å²) in [6.07, 6.45) is 6.13. The molecule has 0 bridgehead atoms. The fourth-order valence-corrected chi connectivity index (χ4v) is 5.76. The van der Waals surface area contributed by atoms with Crippen LogP contribution in [0, 0.1) is 56.7 Å². The summed E-state index contributed by atoms with van der Waals surface area (Å²) >= 11 is 0. The minimum atomic E-state index is -0.836. The predicted octanol–water partition coefficient (Wildman–Crippen LogP) is 4.49. The number of Topliss-reactive ketones (excluding diaryl/α,β-unsaturated/α-hetero) is 1. The van der Waals surface area contributed by atoms with Crippen LogP contribution in [0.1, 0.15) is 33.6 Å². The zero-order chi connectivity index (χ0) is 23.9. The number of hydrogen-bond acceptors (Lipinski definition) is 5. The fourth-order valence-electron chi connectivity index (χ4n) is 5.76. The number of benzene rings is 1. The molecule has 33 heavy (non-hydrogen) atoms. The highest BCUT2D eigenvalue weighted by molar-refractivity contribution is 6.09. The summed E-state index contributed by atoms with van der Waals surface area (Å²) in [6.45, 7) is 5.88. The maximum absolute atomic E-state index is 12.9. The minimum Gasteiger partial charge on any atom is -0.481 e. The van der Waals surface area contributed by atoms with Crippen LogP contribution in [-0.4, -0.2) is 18.2 Å². The van der Waals surface area contributed by atoms with Gasteiger partial charge in [-0.1, -0.05) is 56.9 Å². The molecule has 0 amide bonds. The summed E-state index contributed by atoms with van der Waals surface area (Å²) in [6, 6.07) is 13.4. The van der Waals surface area contributed by atoms with Crippen LogP contribution in [0.5, 0.6) is 5.75 Å². The van der Waals surface area contributed by atoms with E-state index < -0.39 is 16.2 Å². The zero-order valence-electron chi connectivity index (χ0n) is 18.9. The molecule has 1 saturated carbocycles. The van der Waals surface area contributed by atoms with Gasteiger partial charge >= 0.3 is 0 Å². The van der Waals surface area contributed by atoms with E-state index in [9.17, 15) is 20.1 Å². The Balaban J connectivity index is 1.80. The van der Waals surface area contributed by atoms with Gasteiger partial charge in [-0.2, -0.15) is 10.5 Å². The van der Waals surface area contributed by atoms with Crippen LogP contribution in [0.3, 0.4) is 0 Å². The summed E-state index contributed by atoms with van der Waals surface area (Å²) < 4.78 is 5.72. The molecule has 0 spiro atoms. The monoisotopic (exact) mass is 436 g/mol. The Hall–Kier alpha value is -3.88. The van der Waals surface area contributed by atoms with E-state index in [0.29, 0.717) is 18.6 Å². The summed E-state index contributed by atoms with van der Waals surface area (Å²) in [5.41, 5.74) is -1.39. The molecule has 3 unspecified atom stereocenters. The number of carbonyl (C=O) groups excluding carboxylic acids is 2. The van der Waals surface area contributed by atoms with Crippen molar-refractivity contribution in [3.63, 3.8) is 0 Å². The van der Waals surface area contributed by atoms with Gasteiger partial charge in [0.05, 0.1) is 16.6 Å². The minimum absolute atomic E-state index is 0.0645. The van der Waals surface area contributed by atoms with Gasteiger partial charge in [0.15, 0.2) is 11.6 Å². The molecule has 3 aliphatic carbocycles. The largest absolute Gasteiger partial charge is 0.481 e. The molecule has 0 aromatic heterocycles. The van der Waals surface area contributed by atoms with Crippen molar-refractivity contribution in [1.29, 1.82) is 10.5 Å². The van der Waals surface area contributed by atoms with Crippen molar-refractivity contribution >= 4 is 11.6 Å². The average molecular weight is 437 g/mol. The average Bonchev–Trinajstić information content (AvgIpc) is 2.80. The van der Waals surface area contributed by atoms with Crippen molar-refractivity contribution in [2.45, 2.75) is 33.6 Å². The van der Waals surface area contributed by atoms with Gasteiger partial charge < -0.3 is 4.74 Å².